The lowest BCUT2D eigenvalue weighted by molar-refractivity contribution is -0.114. The molecule has 2 amide bonds. The molecule has 0 spiro atoms. The number of rotatable bonds is 1. The standard InChI is InChI=1S/C15H17NO3/c1-15(2,3)9-5-6-10-11(7-9)12(8-19-4)14(18)16-13(10)17/h5-8H,1-4H3,(H,16,17,18). The van der Waals surface area contributed by atoms with Gasteiger partial charge in [-0.25, -0.2) is 0 Å². The molecule has 19 heavy (non-hydrogen) atoms. The Hall–Kier alpha value is -2.10. The topological polar surface area (TPSA) is 55.4 Å². The molecule has 0 saturated heterocycles. The van der Waals surface area contributed by atoms with Crippen LogP contribution in [0.3, 0.4) is 0 Å². The van der Waals surface area contributed by atoms with Gasteiger partial charge in [0.2, 0.25) is 0 Å². The van der Waals surface area contributed by atoms with Gasteiger partial charge in [0.05, 0.1) is 18.9 Å². The molecule has 0 aromatic heterocycles. The van der Waals surface area contributed by atoms with E-state index in [-0.39, 0.29) is 11.3 Å². The molecule has 1 N–H and O–H groups in total. The quantitative estimate of drug-likeness (QED) is 0.478. The molecule has 4 nitrogen and oxygen atoms in total. The highest BCUT2D eigenvalue weighted by Crippen LogP contribution is 2.30. The van der Waals surface area contributed by atoms with Gasteiger partial charge < -0.3 is 4.74 Å². The fourth-order valence-corrected chi connectivity index (χ4v) is 2.03. The highest BCUT2D eigenvalue weighted by atomic mass is 16.5. The summed E-state index contributed by atoms with van der Waals surface area (Å²) in [7, 11) is 1.48. The van der Waals surface area contributed by atoms with Crippen molar-refractivity contribution in [1.82, 2.24) is 5.32 Å². The van der Waals surface area contributed by atoms with Gasteiger partial charge in [-0.15, -0.1) is 0 Å². The summed E-state index contributed by atoms with van der Waals surface area (Å²) in [4.78, 5) is 23.6. The van der Waals surface area contributed by atoms with Crippen molar-refractivity contribution in [3.8, 4) is 0 Å². The first-order valence-corrected chi connectivity index (χ1v) is 6.08. The molecule has 0 saturated carbocycles. The first-order chi connectivity index (χ1) is 8.84. The van der Waals surface area contributed by atoms with E-state index in [1.165, 1.54) is 13.4 Å². The number of ether oxygens (including phenoxy) is 1. The molecular formula is C15H17NO3. The van der Waals surface area contributed by atoms with Gasteiger partial charge in [0.25, 0.3) is 11.8 Å². The lowest BCUT2D eigenvalue weighted by atomic mass is 9.83. The molecular weight excluding hydrogens is 242 g/mol. The van der Waals surface area contributed by atoms with Crippen molar-refractivity contribution in [3.63, 3.8) is 0 Å². The lowest BCUT2D eigenvalue weighted by Crippen LogP contribution is -2.36. The SMILES string of the molecule is COC=C1C(=O)NC(=O)c2ccc(C(C)(C)C)cc21. The van der Waals surface area contributed by atoms with Crippen molar-refractivity contribution in [3.05, 3.63) is 41.2 Å². The fraction of sp³-hybridized carbons (Fsp3) is 0.333. The molecule has 0 atom stereocenters. The second-order valence-electron chi connectivity index (χ2n) is 5.56. The molecule has 1 aromatic rings. The molecule has 0 radical (unpaired) electrons. The number of hydrogen-bond donors (Lipinski definition) is 1. The van der Waals surface area contributed by atoms with E-state index in [1.807, 2.05) is 12.1 Å². The monoisotopic (exact) mass is 259 g/mol. The Labute approximate surface area is 112 Å². The predicted molar refractivity (Wildman–Crippen MR) is 72.6 cm³/mol. The molecule has 0 bridgehead atoms. The Bertz CT molecular complexity index is 580. The van der Waals surface area contributed by atoms with E-state index in [4.69, 9.17) is 4.74 Å². The van der Waals surface area contributed by atoms with Gasteiger partial charge in [-0.1, -0.05) is 26.8 Å². The fourth-order valence-electron chi connectivity index (χ4n) is 2.03. The van der Waals surface area contributed by atoms with Crippen LogP contribution in [0.15, 0.2) is 24.5 Å². The Morgan fingerprint density at radius 1 is 1.11 bits per heavy atom. The van der Waals surface area contributed by atoms with Gasteiger partial charge in [-0.3, -0.25) is 14.9 Å². The number of fused-ring (bicyclic) bond motifs is 1. The van der Waals surface area contributed by atoms with Gasteiger partial charge in [-0.2, -0.15) is 0 Å². The molecule has 1 aromatic carbocycles. The van der Waals surface area contributed by atoms with E-state index in [1.54, 1.807) is 6.07 Å². The van der Waals surface area contributed by atoms with Crippen LogP contribution in [-0.2, 0) is 14.9 Å². The summed E-state index contributed by atoms with van der Waals surface area (Å²) in [6.45, 7) is 6.25. The van der Waals surface area contributed by atoms with E-state index in [0.29, 0.717) is 16.7 Å². The van der Waals surface area contributed by atoms with Crippen molar-refractivity contribution in [2.24, 2.45) is 0 Å². The molecule has 1 aliphatic rings. The molecule has 0 fully saturated rings. The van der Waals surface area contributed by atoms with Crippen molar-refractivity contribution < 1.29 is 14.3 Å². The number of imide groups is 1. The van der Waals surface area contributed by atoms with Crippen molar-refractivity contribution in [1.29, 1.82) is 0 Å². The molecule has 2 rings (SSSR count). The summed E-state index contributed by atoms with van der Waals surface area (Å²) in [5, 5.41) is 2.30. The van der Waals surface area contributed by atoms with Crippen LogP contribution in [0.5, 0.6) is 0 Å². The van der Waals surface area contributed by atoms with Gasteiger partial charge >= 0.3 is 0 Å². The number of hydrogen-bond acceptors (Lipinski definition) is 3. The minimum absolute atomic E-state index is 0.0514. The van der Waals surface area contributed by atoms with Crippen LogP contribution in [0.1, 0.15) is 42.3 Å². The Balaban J connectivity index is 2.65. The van der Waals surface area contributed by atoms with Crippen LogP contribution < -0.4 is 5.32 Å². The maximum Gasteiger partial charge on any atom is 0.261 e. The zero-order valence-corrected chi connectivity index (χ0v) is 11.5. The van der Waals surface area contributed by atoms with E-state index in [0.717, 1.165) is 5.56 Å². The number of carbonyl (C=O) groups excluding carboxylic acids is 2. The molecule has 1 aliphatic heterocycles. The van der Waals surface area contributed by atoms with E-state index < -0.39 is 5.91 Å². The molecule has 4 heteroatoms. The summed E-state index contributed by atoms with van der Waals surface area (Å²) < 4.78 is 4.94. The average Bonchev–Trinajstić information content (AvgIpc) is 2.32. The zero-order valence-electron chi connectivity index (χ0n) is 11.5. The summed E-state index contributed by atoms with van der Waals surface area (Å²) in [6, 6.07) is 5.55. The van der Waals surface area contributed by atoms with Crippen LogP contribution in [0, 0.1) is 0 Å². The maximum atomic E-state index is 11.8. The minimum Gasteiger partial charge on any atom is -0.504 e. The lowest BCUT2D eigenvalue weighted by Gasteiger charge is -2.23. The number of benzene rings is 1. The predicted octanol–water partition coefficient (Wildman–Crippen LogP) is 2.24. The van der Waals surface area contributed by atoms with Crippen molar-refractivity contribution in [2.75, 3.05) is 7.11 Å². The zero-order chi connectivity index (χ0) is 14.2. The smallest absolute Gasteiger partial charge is 0.261 e. The molecule has 1 heterocycles. The second-order valence-corrected chi connectivity index (χ2v) is 5.56. The van der Waals surface area contributed by atoms with Crippen LogP contribution in [-0.4, -0.2) is 18.9 Å². The third kappa shape index (κ3) is 2.38. The normalized spacial score (nSPS) is 17.2. The Kier molecular flexibility index (Phi) is 3.18. The van der Waals surface area contributed by atoms with E-state index in [9.17, 15) is 9.59 Å². The van der Waals surface area contributed by atoms with Crippen LogP contribution in [0.4, 0.5) is 0 Å². The van der Waals surface area contributed by atoms with E-state index in [2.05, 4.69) is 26.1 Å². The molecule has 0 unspecified atom stereocenters. The summed E-state index contributed by atoms with van der Waals surface area (Å²) >= 11 is 0. The number of amides is 2. The Morgan fingerprint density at radius 3 is 2.37 bits per heavy atom. The van der Waals surface area contributed by atoms with Gasteiger partial charge in [0.15, 0.2) is 0 Å². The second kappa shape index (κ2) is 4.53. The summed E-state index contributed by atoms with van der Waals surface area (Å²) in [5.74, 6) is -0.792. The minimum atomic E-state index is -0.426. The van der Waals surface area contributed by atoms with Crippen LogP contribution in [0.25, 0.3) is 5.57 Å². The van der Waals surface area contributed by atoms with Crippen LogP contribution >= 0.6 is 0 Å². The first-order valence-electron chi connectivity index (χ1n) is 6.08. The highest BCUT2D eigenvalue weighted by Gasteiger charge is 2.29. The Morgan fingerprint density at radius 2 is 1.79 bits per heavy atom. The average molecular weight is 259 g/mol. The highest BCUT2D eigenvalue weighted by molar-refractivity contribution is 6.30. The maximum absolute atomic E-state index is 11.8. The molecule has 0 aliphatic carbocycles. The summed E-state index contributed by atoms with van der Waals surface area (Å²) in [5.41, 5.74) is 2.52. The van der Waals surface area contributed by atoms with Crippen molar-refractivity contribution >= 4 is 17.4 Å². The third-order valence-corrected chi connectivity index (χ3v) is 3.13. The van der Waals surface area contributed by atoms with Gasteiger partial charge in [0.1, 0.15) is 0 Å². The summed E-state index contributed by atoms with van der Waals surface area (Å²) in [6.07, 6.45) is 1.37. The van der Waals surface area contributed by atoms with E-state index >= 15 is 0 Å². The number of methoxy groups -OCH3 is 1. The van der Waals surface area contributed by atoms with Gasteiger partial charge in [-0.05, 0) is 23.1 Å². The number of nitrogens with one attached hydrogen (secondary N) is 1. The van der Waals surface area contributed by atoms with Crippen molar-refractivity contribution in [2.45, 2.75) is 26.2 Å². The third-order valence-electron chi connectivity index (χ3n) is 3.13. The first kappa shape index (κ1) is 13.3. The van der Waals surface area contributed by atoms with Gasteiger partial charge in [0, 0.05) is 11.1 Å². The molecule has 100 valence electrons. The number of carbonyl (C=O) groups is 2. The van der Waals surface area contributed by atoms with Crippen LogP contribution in [0.2, 0.25) is 0 Å². The largest absolute Gasteiger partial charge is 0.504 e.